The zero-order valence-corrected chi connectivity index (χ0v) is 12.7. The number of nitrogens with zero attached hydrogens (tertiary/aromatic N) is 2. The van der Waals surface area contributed by atoms with Gasteiger partial charge in [0.25, 0.3) is 0 Å². The number of benzene rings is 1. The van der Waals surface area contributed by atoms with Crippen molar-refractivity contribution in [2.24, 2.45) is 0 Å². The fourth-order valence-electron chi connectivity index (χ4n) is 3.02. The minimum Gasteiger partial charge on any atom is -0.449 e. The van der Waals surface area contributed by atoms with Crippen LogP contribution < -0.4 is 5.69 Å². The first-order chi connectivity index (χ1) is 10.7. The molecule has 1 fully saturated rings. The zero-order chi connectivity index (χ0) is 15.5. The van der Waals surface area contributed by atoms with E-state index in [1.54, 1.807) is 4.90 Å². The highest BCUT2D eigenvalue weighted by Gasteiger charge is 2.26. The first kappa shape index (κ1) is 14.7. The van der Waals surface area contributed by atoms with Gasteiger partial charge in [-0.3, -0.25) is 4.57 Å². The largest absolute Gasteiger partial charge is 0.449 e. The molecule has 1 aromatic heterocycles. The molecular formula is C16H21N3O3. The van der Waals surface area contributed by atoms with Crippen molar-refractivity contribution in [3.05, 3.63) is 34.7 Å². The van der Waals surface area contributed by atoms with Gasteiger partial charge < -0.3 is 14.6 Å². The lowest BCUT2D eigenvalue weighted by atomic mass is 10.0. The van der Waals surface area contributed by atoms with Crippen LogP contribution in [-0.4, -0.2) is 40.2 Å². The van der Waals surface area contributed by atoms with Crippen molar-refractivity contribution in [2.45, 2.75) is 32.2 Å². The number of carbonyl (C=O) groups is 1. The van der Waals surface area contributed by atoms with Crippen LogP contribution in [0.3, 0.4) is 0 Å². The quantitative estimate of drug-likeness (QED) is 0.947. The Morgan fingerprint density at radius 3 is 2.77 bits per heavy atom. The summed E-state index contributed by atoms with van der Waals surface area (Å²) in [6.07, 6.45) is 2.12. The highest BCUT2D eigenvalue weighted by molar-refractivity contribution is 5.75. The third-order valence-electron chi connectivity index (χ3n) is 4.14. The number of aromatic nitrogens is 2. The molecule has 22 heavy (non-hydrogen) atoms. The summed E-state index contributed by atoms with van der Waals surface area (Å²) >= 11 is 0. The molecule has 1 aliphatic rings. The van der Waals surface area contributed by atoms with Crippen LogP contribution in [0.1, 0.15) is 32.2 Å². The van der Waals surface area contributed by atoms with Gasteiger partial charge in [0.2, 0.25) is 0 Å². The predicted molar refractivity (Wildman–Crippen MR) is 84.0 cm³/mol. The molecule has 0 aliphatic carbocycles. The molecule has 0 spiro atoms. The number of imidazole rings is 1. The number of amides is 1. The van der Waals surface area contributed by atoms with E-state index in [1.807, 2.05) is 35.8 Å². The number of H-pyrrole nitrogens is 1. The van der Waals surface area contributed by atoms with E-state index < -0.39 is 0 Å². The number of piperidine rings is 1. The molecule has 1 saturated heterocycles. The van der Waals surface area contributed by atoms with Crippen LogP contribution in [0.15, 0.2) is 29.1 Å². The van der Waals surface area contributed by atoms with Gasteiger partial charge in [-0.25, -0.2) is 9.59 Å². The van der Waals surface area contributed by atoms with Crippen LogP contribution in [0.25, 0.3) is 11.0 Å². The standard InChI is InChI=1S/C16H21N3O3/c1-2-11-22-16(21)18-9-7-12(8-10-18)19-14-6-4-3-5-13(14)17-15(19)20/h3-6,12H,2,7-11H2,1H3,(H,17,20). The van der Waals surface area contributed by atoms with Gasteiger partial charge >= 0.3 is 11.8 Å². The third kappa shape index (κ3) is 2.73. The van der Waals surface area contributed by atoms with Crippen LogP contribution in [-0.2, 0) is 4.74 Å². The molecule has 2 heterocycles. The number of ether oxygens (including phenoxy) is 1. The molecule has 1 aromatic carbocycles. The Morgan fingerprint density at radius 1 is 1.32 bits per heavy atom. The number of fused-ring (bicyclic) bond motifs is 1. The molecule has 3 rings (SSSR count). The van der Waals surface area contributed by atoms with Gasteiger partial charge in [0.1, 0.15) is 0 Å². The van der Waals surface area contributed by atoms with Crippen molar-refractivity contribution in [3.8, 4) is 0 Å². The fourth-order valence-corrected chi connectivity index (χ4v) is 3.02. The molecule has 0 radical (unpaired) electrons. The lowest BCUT2D eigenvalue weighted by molar-refractivity contribution is 0.0887. The Bertz CT molecular complexity index is 711. The molecule has 1 amide bonds. The second-order valence-electron chi connectivity index (χ2n) is 5.65. The highest BCUT2D eigenvalue weighted by atomic mass is 16.6. The van der Waals surface area contributed by atoms with Crippen LogP contribution in [0.4, 0.5) is 4.79 Å². The molecule has 1 N–H and O–H groups in total. The Morgan fingerprint density at radius 2 is 2.05 bits per heavy atom. The summed E-state index contributed by atoms with van der Waals surface area (Å²) in [5.74, 6) is 0. The number of aromatic amines is 1. The minimum absolute atomic E-state index is 0.0757. The number of hydrogen-bond acceptors (Lipinski definition) is 3. The second kappa shape index (κ2) is 6.25. The monoisotopic (exact) mass is 303 g/mol. The van der Waals surface area contributed by atoms with Crippen molar-refractivity contribution >= 4 is 17.1 Å². The minimum atomic E-state index is -0.244. The third-order valence-corrected chi connectivity index (χ3v) is 4.14. The van der Waals surface area contributed by atoms with Gasteiger partial charge in [-0.15, -0.1) is 0 Å². The second-order valence-corrected chi connectivity index (χ2v) is 5.65. The summed E-state index contributed by atoms with van der Waals surface area (Å²) < 4.78 is 6.99. The van der Waals surface area contributed by atoms with Crippen molar-refractivity contribution in [1.29, 1.82) is 0 Å². The van der Waals surface area contributed by atoms with Crippen molar-refractivity contribution in [2.75, 3.05) is 19.7 Å². The molecule has 0 unspecified atom stereocenters. The van der Waals surface area contributed by atoms with Crippen LogP contribution >= 0.6 is 0 Å². The average Bonchev–Trinajstić information content (AvgIpc) is 2.88. The van der Waals surface area contributed by atoms with Gasteiger partial charge in [0.05, 0.1) is 17.6 Å². The van der Waals surface area contributed by atoms with E-state index >= 15 is 0 Å². The first-order valence-corrected chi connectivity index (χ1v) is 7.81. The normalized spacial score (nSPS) is 16.1. The number of likely N-dealkylation sites (tertiary alicyclic amines) is 1. The maximum Gasteiger partial charge on any atom is 0.409 e. The first-order valence-electron chi connectivity index (χ1n) is 7.81. The summed E-state index contributed by atoms with van der Waals surface area (Å²) in [5, 5.41) is 0. The smallest absolute Gasteiger partial charge is 0.409 e. The summed E-state index contributed by atoms with van der Waals surface area (Å²) in [6.45, 7) is 3.68. The summed E-state index contributed by atoms with van der Waals surface area (Å²) in [5.41, 5.74) is 1.71. The van der Waals surface area contributed by atoms with E-state index in [2.05, 4.69) is 4.98 Å². The topological polar surface area (TPSA) is 67.3 Å². The van der Waals surface area contributed by atoms with E-state index in [4.69, 9.17) is 4.74 Å². The highest BCUT2D eigenvalue weighted by Crippen LogP contribution is 2.25. The Labute approximate surface area is 128 Å². The summed E-state index contributed by atoms with van der Waals surface area (Å²) in [6, 6.07) is 7.83. The number of para-hydroxylation sites is 2. The number of nitrogens with one attached hydrogen (secondary N) is 1. The maximum absolute atomic E-state index is 12.2. The van der Waals surface area contributed by atoms with E-state index in [-0.39, 0.29) is 17.8 Å². The van der Waals surface area contributed by atoms with E-state index in [9.17, 15) is 9.59 Å². The van der Waals surface area contributed by atoms with Crippen molar-refractivity contribution < 1.29 is 9.53 Å². The molecule has 6 heteroatoms. The van der Waals surface area contributed by atoms with Crippen molar-refractivity contribution in [1.82, 2.24) is 14.5 Å². The molecule has 6 nitrogen and oxygen atoms in total. The number of rotatable bonds is 3. The van der Waals surface area contributed by atoms with Gasteiger partial charge in [-0.1, -0.05) is 19.1 Å². The molecule has 2 aromatic rings. The van der Waals surface area contributed by atoms with E-state index in [0.717, 1.165) is 30.3 Å². The SMILES string of the molecule is CCCOC(=O)N1CCC(n2c(=O)[nH]c3ccccc32)CC1. The lowest BCUT2D eigenvalue weighted by Crippen LogP contribution is -2.40. The van der Waals surface area contributed by atoms with Crippen LogP contribution in [0, 0.1) is 0 Å². The lowest BCUT2D eigenvalue weighted by Gasteiger charge is -2.31. The van der Waals surface area contributed by atoms with Gasteiger partial charge in [-0.05, 0) is 31.4 Å². The number of hydrogen-bond donors (Lipinski definition) is 1. The summed E-state index contributed by atoms with van der Waals surface area (Å²) in [4.78, 5) is 28.7. The van der Waals surface area contributed by atoms with Gasteiger partial charge in [0.15, 0.2) is 0 Å². The van der Waals surface area contributed by atoms with Crippen molar-refractivity contribution in [3.63, 3.8) is 0 Å². The van der Waals surface area contributed by atoms with E-state index in [0.29, 0.717) is 19.7 Å². The molecule has 0 saturated carbocycles. The fraction of sp³-hybridized carbons (Fsp3) is 0.500. The molecule has 0 bridgehead atoms. The van der Waals surface area contributed by atoms with Crippen LogP contribution in [0.2, 0.25) is 0 Å². The van der Waals surface area contributed by atoms with E-state index in [1.165, 1.54) is 0 Å². The Balaban J connectivity index is 1.72. The molecule has 118 valence electrons. The average molecular weight is 303 g/mol. The molecular weight excluding hydrogens is 282 g/mol. The van der Waals surface area contributed by atoms with Crippen LogP contribution in [0.5, 0.6) is 0 Å². The number of carbonyl (C=O) groups excluding carboxylic acids is 1. The maximum atomic E-state index is 12.2. The van der Waals surface area contributed by atoms with Gasteiger partial charge in [-0.2, -0.15) is 0 Å². The Hall–Kier alpha value is -2.24. The molecule has 1 aliphatic heterocycles. The Kier molecular flexibility index (Phi) is 4.18. The molecule has 0 atom stereocenters. The predicted octanol–water partition coefficient (Wildman–Crippen LogP) is 2.51. The zero-order valence-electron chi connectivity index (χ0n) is 12.7. The summed E-state index contributed by atoms with van der Waals surface area (Å²) in [7, 11) is 0. The van der Waals surface area contributed by atoms with Gasteiger partial charge in [0, 0.05) is 19.1 Å².